The lowest BCUT2D eigenvalue weighted by Gasteiger charge is -2.35. The van der Waals surface area contributed by atoms with Crippen molar-refractivity contribution >= 4 is 29.4 Å². The first kappa shape index (κ1) is 15.6. The van der Waals surface area contributed by atoms with Crippen molar-refractivity contribution in [3.05, 3.63) is 11.3 Å². The fraction of sp³-hybridized carbons (Fsp3) is 0.688. The summed E-state index contributed by atoms with van der Waals surface area (Å²) in [7, 11) is 1.34. The van der Waals surface area contributed by atoms with E-state index in [2.05, 4.69) is 0 Å². The van der Waals surface area contributed by atoms with Gasteiger partial charge in [-0.1, -0.05) is 0 Å². The van der Waals surface area contributed by atoms with Crippen LogP contribution in [0.15, 0.2) is 11.3 Å². The van der Waals surface area contributed by atoms with E-state index >= 15 is 0 Å². The molecule has 0 saturated carbocycles. The number of Topliss-reactive ketones (excluding diaryl/α,β-unsaturated/α-hetero) is 1. The van der Waals surface area contributed by atoms with Crippen LogP contribution in [-0.4, -0.2) is 47.7 Å². The number of carbonyl (C=O) groups is 3. The topological polar surface area (TPSA) is 63.7 Å². The van der Waals surface area contributed by atoms with Gasteiger partial charge in [-0.25, -0.2) is 0 Å². The van der Waals surface area contributed by atoms with Crippen LogP contribution in [0.4, 0.5) is 0 Å². The summed E-state index contributed by atoms with van der Waals surface area (Å²) in [5.74, 6) is -0.727. The van der Waals surface area contributed by atoms with Gasteiger partial charge in [-0.2, -0.15) is 0 Å². The predicted molar refractivity (Wildman–Crippen MR) is 83.1 cm³/mol. The van der Waals surface area contributed by atoms with Crippen LogP contribution in [0.2, 0.25) is 0 Å². The lowest BCUT2D eigenvalue weighted by molar-refractivity contribution is -0.144. The Bertz CT molecular complexity index is 556. The number of nitrogens with zero attached hydrogens (tertiary/aromatic N) is 1. The molecule has 2 heterocycles. The minimum absolute atomic E-state index is 0.0783. The van der Waals surface area contributed by atoms with E-state index in [1.54, 1.807) is 0 Å². The molecule has 22 heavy (non-hydrogen) atoms. The molecular formula is C16H21NO4S. The zero-order valence-electron chi connectivity index (χ0n) is 13.0. The Kier molecular flexibility index (Phi) is 4.30. The van der Waals surface area contributed by atoms with Crippen molar-refractivity contribution in [1.82, 2.24) is 4.90 Å². The Morgan fingerprint density at radius 3 is 2.82 bits per heavy atom. The quantitative estimate of drug-likeness (QED) is 0.741. The monoisotopic (exact) mass is 323 g/mol. The molecule has 1 fully saturated rings. The Labute approximate surface area is 134 Å². The number of thioether (sulfide) groups is 1. The maximum Gasteiger partial charge on any atom is 0.306 e. The summed E-state index contributed by atoms with van der Waals surface area (Å²) in [5.41, 5.74) is 2.18. The lowest BCUT2D eigenvalue weighted by Crippen LogP contribution is -2.40. The molecule has 1 unspecified atom stereocenters. The van der Waals surface area contributed by atoms with Gasteiger partial charge in [0, 0.05) is 30.5 Å². The van der Waals surface area contributed by atoms with E-state index in [1.165, 1.54) is 18.9 Å². The number of ketones is 1. The van der Waals surface area contributed by atoms with Crippen molar-refractivity contribution in [3.63, 3.8) is 0 Å². The molecule has 0 spiro atoms. The third-order valence-corrected chi connectivity index (χ3v) is 6.01. The third kappa shape index (κ3) is 2.37. The van der Waals surface area contributed by atoms with Crippen molar-refractivity contribution < 1.29 is 19.1 Å². The second-order valence-electron chi connectivity index (χ2n) is 6.13. The maximum atomic E-state index is 12.9. The van der Waals surface area contributed by atoms with Gasteiger partial charge in [0.2, 0.25) is 5.91 Å². The van der Waals surface area contributed by atoms with Crippen LogP contribution in [0.1, 0.15) is 32.1 Å². The molecule has 0 bridgehead atoms. The van der Waals surface area contributed by atoms with Crippen LogP contribution in [-0.2, 0) is 19.1 Å². The van der Waals surface area contributed by atoms with Crippen molar-refractivity contribution in [2.45, 2.75) is 37.4 Å². The number of esters is 1. The molecule has 0 N–H and O–H groups in total. The van der Waals surface area contributed by atoms with Crippen LogP contribution in [0.3, 0.4) is 0 Å². The highest BCUT2D eigenvalue weighted by molar-refractivity contribution is 8.00. The summed E-state index contributed by atoms with van der Waals surface area (Å²) in [6, 6.07) is 0. The number of hydrogen-bond donors (Lipinski definition) is 0. The molecule has 1 saturated heterocycles. The number of allylic oxidation sites excluding steroid dienone is 1. The number of rotatable bonds is 3. The second kappa shape index (κ2) is 6.07. The number of methoxy groups -OCH3 is 1. The zero-order valence-corrected chi connectivity index (χ0v) is 13.8. The highest BCUT2D eigenvalue weighted by atomic mass is 32.2. The lowest BCUT2D eigenvalue weighted by atomic mass is 9.74. The van der Waals surface area contributed by atoms with Gasteiger partial charge in [0.25, 0.3) is 0 Å². The minimum atomic E-state index is -0.421. The molecule has 0 radical (unpaired) electrons. The van der Waals surface area contributed by atoms with Crippen molar-refractivity contribution in [1.29, 1.82) is 0 Å². The van der Waals surface area contributed by atoms with Crippen LogP contribution in [0.5, 0.6) is 0 Å². The van der Waals surface area contributed by atoms with E-state index in [9.17, 15) is 14.4 Å². The summed E-state index contributed by atoms with van der Waals surface area (Å²) in [5, 5.41) is -0.215. The molecule has 1 aliphatic carbocycles. The molecule has 3 rings (SSSR count). The molecule has 1 amide bonds. The number of ether oxygens (including phenoxy) is 1. The highest BCUT2D eigenvalue weighted by Crippen LogP contribution is 2.48. The van der Waals surface area contributed by atoms with Gasteiger partial charge >= 0.3 is 5.97 Å². The molecule has 3 aliphatic rings. The van der Waals surface area contributed by atoms with Crippen LogP contribution in [0, 0.1) is 11.8 Å². The summed E-state index contributed by atoms with van der Waals surface area (Å²) < 4.78 is 4.75. The number of hydrogen-bond acceptors (Lipinski definition) is 5. The largest absolute Gasteiger partial charge is 0.469 e. The van der Waals surface area contributed by atoms with Crippen LogP contribution < -0.4 is 0 Å². The first-order valence-corrected chi connectivity index (χ1v) is 9.04. The molecule has 6 heteroatoms. The fourth-order valence-corrected chi connectivity index (χ4v) is 4.96. The smallest absolute Gasteiger partial charge is 0.306 e. The SMILES string of the molecule is COC(=O)C[C@H]1C(=O)C(SC)C2=C3[C@@H]1CC(=O)N3CCCC2. The van der Waals surface area contributed by atoms with Gasteiger partial charge in [-0.15, -0.1) is 11.8 Å². The summed E-state index contributed by atoms with van der Waals surface area (Å²) in [6.45, 7) is 0.744. The Hall–Kier alpha value is -1.30. The van der Waals surface area contributed by atoms with Crippen LogP contribution >= 0.6 is 11.8 Å². The van der Waals surface area contributed by atoms with E-state index in [0.29, 0.717) is 6.42 Å². The Balaban J connectivity index is 2.04. The molecule has 0 aromatic heterocycles. The van der Waals surface area contributed by atoms with Gasteiger partial charge in [0.15, 0.2) is 5.78 Å². The summed E-state index contributed by atoms with van der Waals surface area (Å²) in [4.78, 5) is 38.8. The van der Waals surface area contributed by atoms with E-state index < -0.39 is 5.92 Å². The van der Waals surface area contributed by atoms with Gasteiger partial charge in [0.05, 0.1) is 18.8 Å². The predicted octanol–water partition coefficient (Wildman–Crippen LogP) is 1.77. The molecule has 0 aromatic rings. The van der Waals surface area contributed by atoms with Crippen LogP contribution in [0.25, 0.3) is 0 Å². The van der Waals surface area contributed by atoms with Crippen molar-refractivity contribution in [2.75, 3.05) is 19.9 Å². The van der Waals surface area contributed by atoms with Crippen molar-refractivity contribution in [3.8, 4) is 0 Å². The van der Waals surface area contributed by atoms with E-state index in [-0.39, 0.29) is 35.2 Å². The molecule has 2 aliphatic heterocycles. The van der Waals surface area contributed by atoms with Gasteiger partial charge in [-0.05, 0) is 31.1 Å². The molecular weight excluding hydrogens is 302 g/mol. The minimum Gasteiger partial charge on any atom is -0.469 e. The summed E-state index contributed by atoms with van der Waals surface area (Å²) >= 11 is 1.52. The van der Waals surface area contributed by atoms with E-state index in [1.807, 2.05) is 11.2 Å². The first-order chi connectivity index (χ1) is 10.6. The van der Waals surface area contributed by atoms with E-state index in [4.69, 9.17) is 4.74 Å². The third-order valence-electron chi connectivity index (χ3n) is 5.02. The second-order valence-corrected chi connectivity index (χ2v) is 7.07. The molecule has 120 valence electrons. The van der Waals surface area contributed by atoms with Gasteiger partial charge < -0.3 is 9.64 Å². The average Bonchev–Trinajstić information content (AvgIpc) is 2.70. The number of amides is 1. The normalized spacial score (nSPS) is 31.2. The van der Waals surface area contributed by atoms with E-state index in [0.717, 1.165) is 37.1 Å². The van der Waals surface area contributed by atoms with Gasteiger partial charge in [0.1, 0.15) is 0 Å². The average molecular weight is 323 g/mol. The highest BCUT2D eigenvalue weighted by Gasteiger charge is 2.51. The molecule has 5 nitrogen and oxygen atoms in total. The maximum absolute atomic E-state index is 12.9. The Morgan fingerprint density at radius 2 is 2.14 bits per heavy atom. The standard InChI is InChI=1S/C16H21NO4S/c1-21-13(19)8-11-10-7-12(18)17-6-4-3-5-9(14(10)17)16(22-2)15(11)20/h10-11,16H,3-8H2,1-2H3/t10-,11-,16?/m1/s1. The summed E-state index contributed by atoms with van der Waals surface area (Å²) in [6.07, 6.45) is 5.24. The zero-order chi connectivity index (χ0) is 15.9. The Morgan fingerprint density at radius 1 is 1.36 bits per heavy atom. The van der Waals surface area contributed by atoms with Crippen molar-refractivity contribution in [2.24, 2.45) is 11.8 Å². The number of carbonyl (C=O) groups excluding carboxylic acids is 3. The molecule has 3 atom stereocenters. The van der Waals surface area contributed by atoms with Gasteiger partial charge in [-0.3, -0.25) is 14.4 Å². The molecule has 0 aromatic carbocycles. The first-order valence-electron chi connectivity index (χ1n) is 7.75. The fourth-order valence-electron chi connectivity index (χ4n) is 4.03.